The van der Waals surface area contributed by atoms with Crippen LogP contribution in [-0.2, 0) is 23.9 Å². The van der Waals surface area contributed by atoms with E-state index in [1.54, 1.807) is 19.9 Å². The molecule has 11 atom stereocenters. The van der Waals surface area contributed by atoms with E-state index in [1.807, 2.05) is 6.08 Å². The van der Waals surface area contributed by atoms with Crippen LogP contribution in [0, 0.1) is 56.7 Å². The third kappa shape index (κ3) is 3.33. The number of hydrogen-bond donors (Lipinski definition) is 2. The molecule has 0 amide bonds. The number of carbonyl (C=O) groups excluding carboxylic acids is 2. The number of carboxylic acid groups (broad SMARTS) is 1. The van der Waals surface area contributed by atoms with E-state index in [4.69, 9.17) is 9.47 Å². The van der Waals surface area contributed by atoms with E-state index >= 15 is 0 Å². The molecular formula is C35H50O7. The Labute approximate surface area is 250 Å². The minimum atomic E-state index is -1.28. The second-order valence-electron chi connectivity index (χ2n) is 16.1. The lowest BCUT2D eigenvalue weighted by atomic mass is 9.32. The summed E-state index contributed by atoms with van der Waals surface area (Å²) in [5.74, 6) is -2.82. The van der Waals surface area contributed by atoms with Crippen molar-refractivity contribution in [3.8, 4) is 0 Å². The summed E-state index contributed by atoms with van der Waals surface area (Å²) in [5.41, 5.74) is -1.43. The van der Waals surface area contributed by atoms with Crippen LogP contribution in [-0.4, -0.2) is 46.4 Å². The Morgan fingerprint density at radius 2 is 1.76 bits per heavy atom. The van der Waals surface area contributed by atoms with Crippen molar-refractivity contribution in [2.24, 2.45) is 56.7 Å². The molecule has 0 aromatic carbocycles. The molecule has 7 heteroatoms. The van der Waals surface area contributed by atoms with Crippen molar-refractivity contribution in [2.75, 3.05) is 6.61 Å². The van der Waals surface area contributed by atoms with Crippen molar-refractivity contribution in [3.63, 3.8) is 0 Å². The third-order valence-corrected chi connectivity index (χ3v) is 14.6. The van der Waals surface area contributed by atoms with E-state index in [9.17, 15) is 24.6 Å². The van der Waals surface area contributed by atoms with Crippen molar-refractivity contribution in [1.82, 2.24) is 0 Å². The van der Waals surface area contributed by atoms with E-state index in [0.717, 1.165) is 24.8 Å². The summed E-state index contributed by atoms with van der Waals surface area (Å²) in [6.07, 6.45) is 7.34. The quantitative estimate of drug-likeness (QED) is 0.306. The third-order valence-electron chi connectivity index (χ3n) is 14.6. The van der Waals surface area contributed by atoms with E-state index in [1.165, 1.54) is 0 Å². The fourth-order valence-electron chi connectivity index (χ4n) is 11.6. The number of carbonyl (C=O) groups is 3. The Balaban J connectivity index is 1.49. The molecule has 0 unspecified atom stereocenters. The van der Waals surface area contributed by atoms with Gasteiger partial charge in [-0.15, -0.1) is 0 Å². The van der Waals surface area contributed by atoms with Crippen LogP contribution in [0.25, 0.3) is 0 Å². The Bertz CT molecular complexity index is 1280. The standard InChI is InChI=1S/C35H50O7/c1-9-19(2)28(37)42-25-16-20(3)21(4)26-22-17-23(36)27-32(8,31(22,7)12-14-34(25,26)29(38)39)11-10-24-30(5,6)35(40)15-13-33(24,27)18-41-35/h9,17,20-21,24-27,40H,10-16,18H2,1-8H3,(H,38,39)/b19-9-/t20-,21+,24+,25-,26+,27+,31-,32-,33-,34-,35+/m1/s1. The molecule has 5 aliphatic carbocycles. The lowest BCUT2D eigenvalue weighted by molar-refractivity contribution is -0.391. The summed E-state index contributed by atoms with van der Waals surface area (Å²) in [6, 6.07) is 0. The van der Waals surface area contributed by atoms with Gasteiger partial charge in [-0.25, -0.2) is 4.79 Å². The molecule has 1 spiro atoms. The number of hydrogen-bond acceptors (Lipinski definition) is 6. The van der Waals surface area contributed by atoms with Gasteiger partial charge >= 0.3 is 11.9 Å². The monoisotopic (exact) mass is 582 g/mol. The van der Waals surface area contributed by atoms with Gasteiger partial charge in [0.15, 0.2) is 11.6 Å². The first-order valence-corrected chi connectivity index (χ1v) is 16.2. The maximum atomic E-state index is 14.6. The molecule has 0 aromatic rings. The first-order valence-electron chi connectivity index (χ1n) is 16.2. The maximum Gasteiger partial charge on any atom is 0.333 e. The number of rotatable bonds is 3. The Morgan fingerprint density at radius 3 is 2.36 bits per heavy atom. The molecule has 6 fully saturated rings. The largest absolute Gasteiger partial charge is 0.481 e. The topological polar surface area (TPSA) is 110 Å². The highest BCUT2D eigenvalue weighted by molar-refractivity contribution is 5.96. The molecule has 7 nitrogen and oxygen atoms in total. The van der Waals surface area contributed by atoms with Crippen LogP contribution in [0.5, 0.6) is 0 Å². The number of allylic oxidation sites excluding steroid dienone is 3. The average Bonchev–Trinajstić information content (AvgIpc) is 2.92. The molecule has 0 aromatic heterocycles. The van der Waals surface area contributed by atoms with Crippen LogP contribution in [0.4, 0.5) is 0 Å². The number of ketones is 1. The maximum absolute atomic E-state index is 14.6. The molecule has 2 saturated heterocycles. The van der Waals surface area contributed by atoms with Gasteiger partial charge in [0.2, 0.25) is 0 Å². The molecule has 2 bridgehead atoms. The first-order chi connectivity index (χ1) is 19.5. The predicted molar refractivity (Wildman–Crippen MR) is 157 cm³/mol. The Morgan fingerprint density at radius 1 is 1.07 bits per heavy atom. The van der Waals surface area contributed by atoms with Crippen LogP contribution in [0.3, 0.4) is 0 Å². The van der Waals surface area contributed by atoms with Gasteiger partial charge < -0.3 is 19.7 Å². The summed E-state index contributed by atoms with van der Waals surface area (Å²) < 4.78 is 12.3. The van der Waals surface area contributed by atoms with Gasteiger partial charge in [0.1, 0.15) is 11.5 Å². The number of esters is 1. The van der Waals surface area contributed by atoms with Crippen molar-refractivity contribution in [1.29, 1.82) is 0 Å². The van der Waals surface area contributed by atoms with Gasteiger partial charge in [-0.3, -0.25) is 9.59 Å². The minimum Gasteiger partial charge on any atom is -0.481 e. The number of fused-ring (bicyclic) bond motifs is 7. The highest BCUT2D eigenvalue weighted by atomic mass is 16.6. The van der Waals surface area contributed by atoms with Crippen molar-refractivity contribution < 1.29 is 34.1 Å². The van der Waals surface area contributed by atoms with Gasteiger partial charge in [0, 0.05) is 34.7 Å². The van der Waals surface area contributed by atoms with Crippen LogP contribution < -0.4 is 0 Å². The number of aliphatic carboxylic acids is 1. The second kappa shape index (κ2) is 9.03. The number of ether oxygens (including phenoxy) is 2. The summed E-state index contributed by atoms with van der Waals surface area (Å²) in [6.45, 7) is 16.9. The highest BCUT2D eigenvalue weighted by Gasteiger charge is 2.76. The Hall–Kier alpha value is -1.99. The van der Waals surface area contributed by atoms with Crippen molar-refractivity contribution in [2.45, 2.75) is 112 Å². The van der Waals surface area contributed by atoms with Crippen LogP contribution in [0.15, 0.2) is 23.3 Å². The number of carboxylic acids is 1. The summed E-state index contributed by atoms with van der Waals surface area (Å²) in [4.78, 5) is 41.1. The summed E-state index contributed by atoms with van der Waals surface area (Å²) >= 11 is 0. The van der Waals surface area contributed by atoms with Gasteiger partial charge in [0.25, 0.3) is 0 Å². The minimum absolute atomic E-state index is 0.00817. The average molecular weight is 583 g/mol. The molecular weight excluding hydrogens is 532 g/mol. The van der Waals surface area contributed by atoms with Crippen LogP contribution in [0.2, 0.25) is 0 Å². The predicted octanol–water partition coefficient (Wildman–Crippen LogP) is 6.09. The fraction of sp³-hybridized carbons (Fsp3) is 0.800. The summed E-state index contributed by atoms with van der Waals surface area (Å²) in [5, 5.41) is 22.4. The van der Waals surface area contributed by atoms with Gasteiger partial charge in [-0.05, 0) is 87.0 Å². The molecule has 0 radical (unpaired) electrons. The van der Waals surface area contributed by atoms with E-state index in [2.05, 4.69) is 41.5 Å². The van der Waals surface area contributed by atoms with Crippen LogP contribution in [0.1, 0.15) is 100 Å². The van der Waals surface area contributed by atoms with Gasteiger partial charge in [-0.1, -0.05) is 53.2 Å². The highest BCUT2D eigenvalue weighted by Crippen LogP contribution is 2.77. The molecule has 7 rings (SSSR count). The molecule has 2 heterocycles. The zero-order chi connectivity index (χ0) is 30.8. The zero-order valence-electron chi connectivity index (χ0n) is 26.7. The van der Waals surface area contributed by atoms with E-state index < -0.39 is 40.6 Å². The number of aliphatic hydroxyl groups is 1. The van der Waals surface area contributed by atoms with Gasteiger partial charge in [0.05, 0.1) is 6.61 Å². The van der Waals surface area contributed by atoms with Crippen molar-refractivity contribution in [3.05, 3.63) is 23.3 Å². The molecule has 2 N–H and O–H groups in total. The molecule has 4 saturated carbocycles. The fourth-order valence-corrected chi connectivity index (χ4v) is 11.6. The van der Waals surface area contributed by atoms with E-state index in [-0.39, 0.29) is 45.7 Å². The lowest BCUT2D eigenvalue weighted by Gasteiger charge is -2.74. The molecule has 42 heavy (non-hydrogen) atoms. The lowest BCUT2D eigenvalue weighted by Crippen LogP contribution is -2.74. The zero-order valence-corrected chi connectivity index (χ0v) is 26.7. The summed E-state index contributed by atoms with van der Waals surface area (Å²) in [7, 11) is 0. The van der Waals surface area contributed by atoms with Crippen LogP contribution >= 0.6 is 0 Å². The molecule has 2 aliphatic heterocycles. The molecule has 7 aliphatic rings. The smallest absolute Gasteiger partial charge is 0.333 e. The Kier molecular flexibility index (Phi) is 6.46. The van der Waals surface area contributed by atoms with Gasteiger partial charge in [-0.2, -0.15) is 0 Å². The SMILES string of the molecule is C/C=C(/C)C(=O)O[C@@H]1C[C@@H](C)[C@H](C)[C@H]2C3=CC(=O)[C@@H]4[C@]56CC[C@](O)(OC5)C(C)(C)[C@@H]6CC[C@@]4(C)[C@]3(C)CC[C@]21C(=O)O. The molecule has 232 valence electrons. The van der Waals surface area contributed by atoms with E-state index in [0.29, 0.717) is 37.9 Å². The van der Waals surface area contributed by atoms with Crippen molar-refractivity contribution >= 4 is 17.7 Å². The second-order valence-corrected chi connectivity index (χ2v) is 16.1. The normalized spacial score (nSPS) is 50.9. The first kappa shape index (κ1) is 30.1.